The molecule has 1 fully saturated rings. The second kappa shape index (κ2) is 10.8. The van der Waals surface area contributed by atoms with Gasteiger partial charge in [-0.15, -0.1) is 0 Å². The van der Waals surface area contributed by atoms with Crippen LogP contribution in [0, 0.1) is 0 Å². The van der Waals surface area contributed by atoms with E-state index in [1.165, 1.54) is 33.1 Å². The number of nitrogens with zero attached hydrogens (tertiary/aromatic N) is 2. The van der Waals surface area contributed by atoms with Crippen molar-refractivity contribution in [3.8, 4) is 0 Å². The molecular formula is C26H27N3O4S. The van der Waals surface area contributed by atoms with Gasteiger partial charge in [-0.1, -0.05) is 72.8 Å². The Labute approximate surface area is 200 Å². The maximum absolute atomic E-state index is 13.3. The number of nitrogens with one attached hydrogen (secondary N) is 1. The van der Waals surface area contributed by atoms with Gasteiger partial charge in [0.05, 0.1) is 10.9 Å². The van der Waals surface area contributed by atoms with Crippen molar-refractivity contribution in [1.29, 1.82) is 0 Å². The molecule has 7 nitrogen and oxygen atoms in total. The molecule has 0 aliphatic carbocycles. The lowest BCUT2D eigenvalue weighted by molar-refractivity contribution is -0.124. The van der Waals surface area contributed by atoms with E-state index >= 15 is 0 Å². The van der Waals surface area contributed by atoms with Crippen molar-refractivity contribution in [3.63, 3.8) is 0 Å². The highest BCUT2D eigenvalue weighted by atomic mass is 32.2. The van der Waals surface area contributed by atoms with Gasteiger partial charge in [-0.2, -0.15) is 4.31 Å². The first-order valence-corrected chi connectivity index (χ1v) is 12.5. The summed E-state index contributed by atoms with van der Waals surface area (Å²) in [6, 6.07) is 27.0. The second-order valence-electron chi connectivity index (χ2n) is 8.05. The minimum Gasteiger partial charge on any atom is -0.290 e. The monoisotopic (exact) mass is 477 g/mol. The smallest absolute Gasteiger partial charge is 0.267 e. The van der Waals surface area contributed by atoms with Crippen LogP contribution < -0.4 is 5.48 Å². The molecule has 2 N–H and O–H groups in total. The number of hydrogen-bond donors (Lipinski definition) is 2. The largest absolute Gasteiger partial charge is 0.290 e. The molecule has 0 spiro atoms. The van der Waals surface area contributed by atoms with Crippen molar-refractivity contribution < 1.29 is 18.4 Å². The lowest BCUT2D eigenvalue weighted by Gasteiger charge is -2.39. The number of rotatable bonds is 7. The van der Waals surface area contributed by atoms with E-state index in [9.17, 15) is 13.2 Å². The number of hydroxylamine groups is 1. The van der Waals surface area contributed by atoms with Crippen LogP contribution in [0.15, 0.2) is 95.9 Å². The summed E-state index contributed by atoms with van der Waals surface area (Å²) in [6.07, 6.45) is 2.59. The summed E-state index contributed by atoms with van der Waals surface area (Å²) in [5.74, 6) is -0.684. The number of sulfonamides is 1. The standard InChI is InChI=1S/C26H27N3O4S/c30-25(27-31)15-14-21-8-7-13-24(20-21)34(32,33)29-18-16-28(17-19-29)26(22-9-3-1-4-10-22)23-11-5-2-6-12-23/h1-15,20,26,31H,16-19H2,(H,27,30). The van der Waals surface area contributed by atoms with E-state index in [0.717, 1.165) is 6.08 Å². The van der Waals surface area contributed by atoms with Gasteiger partial charge in [0.1, 0.15) is 0 Å². The van der Waals surface area contributed by atoms with Crippen molar-refractivity contribution in [1.82, 2.24) is 14.7 Å². The first-order chi connectivity index (χ1) is 16.5. The molecule has 0 saturated carbocycles. The summed E-state index contributed by atoms with van der Waals surface area (Å²) >= 11 is 0. The van der Waals surface area contributed by atoms with Crippen molar-refractivity contribution >= 4 is 22.0 Å². The van der Waals surface area contributed by atoms with Crippen molar-refractivity contribution in [3.05, 3.63) is 108 Å². The summed E-state index contributed by atoms with van der Waals surface area (Å²) in [5, 5.41) is 8.62. The average Bonchev–Trinajstić information content (AvgIpc) is 2.89. The van der Waals surface area contributed by atoms with Crippen molar-refractivity contribution in [2.45, 2.75) is 10.9 Å². The van der Waals surface area contributed by atoms with E-state index in [-0.39, 0.29) is 10.9 Å². The molecule has 4 rings (SSSR count). The predicted molar refractivity (Wildman–Crippen MR) is 130 cm³/mol. The molecule has 3 aromatic rings. The molecule has 1 aliphatic rings. The fourth-order valence-corrected chi connectivity index (χ4v) is 5.70. The van der Waals surface area contributed by atoms with E-state index in [0.29, 0.717) is 31.7 Å². The molecule has 0 atom stereocenters. The summed E-state index contributed by atoms with van der Waals surface area (Å²) in [4.78, 5) is 13.7. The Morgan fingerprint density at radius 1 is 0.853 bits per heavy atom. The van der Waals surface area contributed by atoms with E-state index in [1.54, 1.807) is 18.2 Å². The lowest BCUT2D eigenvalue weighted by Crippen LogP contribution is -2.49. The molecular weight excluding hydrogens is 450 g/mol. The highest BCUT2D eigenvalue weighted by Gasteiger charge is 2.32. The SMILES string of the molecule is O=C(C=Cc1cccc(S(=O)(=O)N2CCN(C(c3ccccc3)c3ccccc3)CC2)c1)NO. The van der Waals surface area contributed by atoms with Crippen molar-refractivity contribution in [2.24, 2.45) is 0 Å². The molecule has 1 saturated heterocycles. The van der Waals surface area contributed by atoms with Gasteiger partial charge in [0.25, 0.3) is 5.91 Å². The van der Waals surface area contributed by atoms with Gasteiger partial charge in [0.15, 0.2) is 0 Å². The van der Waals surface area contributed by atoms with Gasteiger partial charge >= 0.3 is 0 Å². The first-order valence-electron chi connectivity index (χ1n) is 11.1. The molecule has 0 aromatic heterocycles. The first kappa shape index (κ1) is 23.8. The van der Waals surface area contributed by atoms with Crippen LogP contribution in [0.25, 0.3) is 6.08 Å². The van der Waals surface area contributed by atoms with E-state index in [2.05, 4.69) is 29.2 Å². The molecule has 1 amide bonds. The number of piperazine rings is 1. The highest BCUT2D eigenvalue weighted by Crippen LogP contribution is 2.30. The molecule has 1 heterocycles. The molecule has 0 radical (unpaired) electrons. The zero-order valence-electron chi connectivity index (χ0n) is 18.6. The molecule has 34 heavy (non-hydrogen) atoms. The fraction of sp³-hybridized carbons (Fsp3) is 0.192. The zero-order valence-corrected chi connectivity index (χ0v) is 19.4. The Balaban J connectivity index is 1.51. The molecule has 3 aromatic carbocycles. The fourth-order valence-electron chi connectivity index (χ4n) is 4.22. The lowest BCUT2D eigenvalue weighted by atomic mass is 9.96. The van der Waals surface area contributed by atoms with Crippen LogP contribution in [-0.2, 0) is 14.8 Å². The minimum absolute atomic E-state index is 0.0541. The molecule has 0 bridgehead atoms. The van der Waals surface area contributed by atoms with E-state index in [1.807, 2.05) is 36.4 Å². The quantitative estimate of drug-likeness (QED) is 0.310. The molecule has 0 unspecified atom stereocenters. The van der Waals surface area contributed by atoms with Crippen LogP contribution in [-0.4, -0.2) is 54.9 Å². The second-order valence-corrected chi connectivity index (χ2v) is 9.98. The van der Waals surface area contributed by atoms with Crippen LogP contribution >= 0.6 is 0 Å². The predicted octanol–water partition coefficient (Wildman–Crippen LogP) is 3.30. The Kier molecular flexibility index (Phi) is 7.54. The van der Waals surface area contributed by atoms with E-state index in [4.69, 9.17) is 5.21 Å². The van der Waals surface area contributed by atoms with Gasteiger partial charge in [0.2, 0.25) is 10.0 Å². The topological polar surface area (TPSA) is 90.0 Å². The highest BCUT2D eigenvalue weighted by molar-refractivity contribution is 7.89. The van der Waals surface area contributed by atoms with Crippen LogP contribution in [0.5, 0.6) is 0 Å². The van der Waals surface area contributed by atoms with Crippen LogP contribution in [0.4, 0.5) is 0 Å². The Hall–Kier alpha value is -3.30. The Morgan fingerprint density at radius 3 is 2.00 bits per heavy atom. The van der Waals surface area contributed by atoms with Crippen LogP contribution in [0.3, 0.4) is 0 Å². The average molecular weight is 478 g/mol. The maximum atomic E-state index is 13.3. The number of hydrogen-bond acceptors (Lipinski definition) is 5. The number of carbonyl (C=O) groups is 1. The summed E-state index contributed by atoms with van der Waals surface area (Å²) in [6.45, 7) is 1.96. The number of benzene rings is 3. The zero-order chi connectivity index (χ0) is 24.0. The molecule has 8 heteroatoms. The van der Waals surface area contributed by atoms with Gasteiger partial charge in [-0.25, -0.2) is 13.9 Å². The Morgan fingerprint density at radius 2 is 1.44 bits per heavy atom. The third-order valence-corrected chi connectivity index (χ3v) is 7.80. The summed E-state index contributed by atoms with van der Waals surface area (Å²) in [5.41, 5.74) is 4.42. The third-order valence-electron chi connectivity index (χ3n) is 5.90. The van der Waals surface area contributed by atoms with Crippen LogP contribution in [0.2, 0.25) is 0 Å². The normalized spacial score (nSPS) is 15.6. The minimum atomic E-state index is -3.68. The molecule has 176 valence electrons. The number of carbonyl (C=O) groups excluding carboxylic acids is 1. The van der Waals surface area contributed by atoms with Gasteiger partial charge in [-0.05, 0) is 34.9 Å². The van der Waals surface area contributed by atoms with Gasteiger partial charge in [-0.3, -0.25) is 14.9 Å². The maximum Gasteiger partial charge on any atom is 0.267 e. The van der Waals surface area contributed by atoms with Crippen LogP contribution in [0.1, 0.15) is 22.7 Å². The van der Waals surface area contributed by atoms with Crippen molar-refractivity contribution in [2.75, 3.05) is 26.2 Å². The summed E-state index contributed by atoms with van der Waals surface area (Å²) < 4.78 is 28.1. The molecule has 1 aliphatic heterocycles. The third kappa shape index (κ3) is 5.43. The van der Waals surface area contributed by atoms with E-state index < -0.39 is 15.9 Å². The number of amides is 1. The summed E-state index contributed by atoms with van der Waals surface area (Å²) in [7, 11) is -3.68. The van der Waals surface area contributed by atoms with Gasteiger partial charge in [0, 0.05) is 32.3 Å². The van der Waals surface area contributed by atoms with Gasteiger partial charge < -0.3 is 0 Å². The Bertz CT molecular complexity index is 1200.